The highest BCUT2D eigenvalue weighted by atomic mass is 16.5. The number of likely N-dealkylation sites (N-methyl/N-ethyl adjacent to an activating group) is 1. The van der Waals surface area contributed by atoms with Gasteiger partial charge in [0.1, 0.15) is 72.6 Å². The lowest BCUT2D eigenvalue weighted by Crippen LogP contribution is -2.61. The minimum Gasteiger partial charge on any atom is -0.481 e. The number of amides is 14. The number of carboxylic acid groups (broad SMARTS) is 4. The van der Waals surface area contributed by atoms with Gasteiger partial charge in [-0.1, -0.05) is 38.5 Å². The van der Waals surface area contributed by atoms with Crippen molar-refractivity contribution < 1.29 is 121 Å². The Kier molecular flexibility index (Phi) is 34.1. The lowest BCUT2D eigenvalue weighted by molar-refractivity contribution is -0.159. The number of unbranched alkanes of at least 4 members (excludes halogenated alkanes) is 1. The lowest BCUT2D eigenvalue weighted by Gasteiger charge is -2.32. The van der Waals surface area contributed by atoms with Gasteiger partial charge in [-0.15, -0.1) is 0 Å². The fourth-order valence-corrected chi connectivity index (χ4v) is 9.84. The van der Waals surface area contributed by atoms with E-state index in [0.717, 1.165) is 20.9 Å². The number of H-pyrrole nitrogens is 1. The first kappa shape index (κ1) is 83.8. The van der Waals surface area contributed by atoms with Crippen LogP contribution in [0.25, 0.3) is 10.9 Å². The Hall–Kier alpha value is -11.4. The van der Waals surface area contributed by atoms with Crippen LogP contribution in [0.4, 0.5) is 0 Å². The van der Waals surface area contributed by atoms with E-state index in [4.69, 9.17) is 16.2 Å². The zero-order chi connectivity index (χ0) is 76.0. The molecule has 3 rings (SSSR count). The van der Waals surface area contributed by atoms with Gasteiger partial charge in [-0.2, -0.15) is 0 Å². The van der Waals surface area contributed by atoms with Crippen molar-refractivity contribution in [2.45, 2.75) is 171 Å². The van der Waals surface area contributed by atoms with Gasteiger partial charge in [-0.25, -0.2) is 4.79 Å². The highest BCUT2D eigenvalue weighted by molar-refractivity contribution is 6.01. The molecule has 101 heavy (non-hydrogen) atoms. The fourth-order valence-electron chi connectivity index (χ4n) is 9.84. The van der Waals surface area contributed by atoms with Gasteiger partial charge in [-0.05, 0) is 63.6 Å². The summed E-state index contributed by atoms with van der Waals surface area (Å²) in [6.45, 7) is 1.52. The number of carboxylic acids is 4. The van der Waals surface area contributed by atoms with Gasteiger partial charge in [0.15, 0.2) is 0 Å². The van der Waals surface area contributed by atoms with Gasteiger partial charge in [0, 0.05) is 37.0 Å². The van der Waals surface area contributed by atoms with Crippen LogP contribution in [0.3, 0.4) is 0 Å². The number of hydrogen-bond acceptors (Lipinski definition) is 22. The van der Waals surface area contributed by atoms with Crippen LogP contribution in [-0.4, -0.2) is 254 Å². The van der Waals surface area contributed by atoms with Crippen LogP contribution >= 0.6 is 0 Å². The summed E-state index contributed by atoms with van der Waals surface area (Å²) in [6, 6.07) is -14.5. The monoisotopic (exact) mass is 1430 g/mol. The van der Waals surface area contributed by atoms with Crippen LogP contribution in [-0.2, 0) is 102 Å². The topological polar surface area (TPSA) is 650 Å². The first-order chi connectivity index (χ1) is 47.5. The Bertz CT molecular complexity index is 3400. The number of nitrogens with zero attached hydrogens (tertiary/aromatic N) is 1. The number of nitrogens with two attached hydrogens (primary N) is 2. The Morgan fingerprint density at radius 3 is 1.79 bits per heavy atom. The van der Waals surface area contributed by atoms with Crippen LogP contribution < -0.4 is 75.3 Å². The van der Waals surface area contributed by atoms with Crippen molar-refractivity contribution in [3.05, 3.63) is 36.0 Å². The maximum atomic E-state index is 14.7. The zero-order valence-corrected chi connectivity index (χ0v) is 55.6. The van der Waals surface area contributed by atoms with Gasteiger partial charge < -0.3 is 115 Å². The molecule has 2 heterocycles. The Morgan fingerprint density at radius 1 is 0.663 bits per heavy atom. The van der Waals surface area contributed by atoms with E-state index >= 15 is 0 Å². The molecule has 0 bridgehead atoms. The maximum absolute atomic E-state index is 14.7. The molecular weight excluding hydrogens is 1340 g/mol. The van der Waals surface area contributed by atoms with Gasteiger partial charge in [-0.3, -0.25) is 86.3 Å². The molecule has 1 aromatic carbocycles. The van der Waals surface area contributed by atoms with Crippen LogP contribution in [0.2, 0.25) is 0 Å². The van der Waals surface area contributed by atoms with Crippen LogP contribution in [0.1, 0.15) is 97.5 Å². The van der Waals surface area contributed by atoms with E-state index < -0.39 is 243 Å². The fraction of sp³-hybridized carbons (Fsp3) is 0.550. The molecule has 1 fully saturated rings. The maximum Gasteiger partial charge on any atom is 0.329 e. The molecule has 2 aromatic rings. The number of benzene rings is 1. The highest BCUT2D eigenvalue weighted by Gasteiger charge is 2.41. The van der Waals surface area contributed by atoms with Gasteiger partial charge in [0.2, 0.25) is 83.2 Å². The summed E-state index contributed by atoms with van der Waals surface area (Å²) in [6.07, 6.45) is -6.78. The number of rotatable bonds is 28. The molecule has 1 aliphatic heterocycles. The largest absolute Gasteiger partial charge is 0.481 e. The average Bonchev–Trinajstić information content (AvgIpc) is 1.79. The zero-order valence-electron chi connectivity index (χ0n) is 55.6. The lowest BCUT2D eigenvalue weighted by atomic mass is 9.98. The number of hydrogen-bond donors (Lipinski definition) is 20. The van der Waals surface area contributed by atoms with Crippen molar-refractivity contribution in [3.63, 3.8) is 0 Å². The first-order valence-corrected chi connectivity index (χ1v) is 31.5. The third kappa shape index (κ3) is 27.8. The molecule has 0 spiro atoms. The molecular formula is C60H86N16O25. The summed E-state index contributed by atoms with van der Waals surface area (Å²) in [5, 5.41) is 75.9. The molecule has 13 unspecified atom stereocenters. The van der Waals surface area contributed by atoms with E-state index in [2.05, 4.69) is 58.2 Å². The van der Waals surface area contributed by atoms with Gasteiger partial charge in [0.05, 0.1) is 45.4 Å². The molecule has 41 nitrogen and oxygen atoms in total. The number of aliphatic carboxylic acids is 4. The molecule has 22 N–H and O–H groups in total. The second-order valence-electron chi connectivity index (χ2n) is 23.5. The Labute approximate surface area is 574 Å². The molecule has 1 aliphatic rings. The van der Waals surface area contributed by atoms with Crippen molar-refractivity contribution in [1.29, 1.82) is 0 Å². The quantitative estimate of drug-likeness (QED) is 0.0214. The number of aliphatic hydroxyl groups is 1. The van der Waals surface area contributed by atoms with E-state index in [1.807, 2.05) is 10.6 Å². The number of nitrogens with one attached hydrogen (secondary N) is 13. The minimum atomic E-state index is -2.29. The third-order valence-electron chi connectivity index (χ3n) is 15.5. The predicted molar refractivity (Wildman–Crippen MR) is 343 cm³/mol. The minimum absolute atomic E-state index is 0.0157. The summed E-state index contributed by atoms with van der Waals surface area (Å²) in [5.41, 5.74) is 12.2. The van der Waals surface area contributed by atoms with Crippen molar-refractivity contribution >= 4 is 124 Å². The van der Waals surface area contributed by atoms with Crippen molar-refractivity contribution in [1.82, 2.24) is 73.7 Å². The summed E-state index contributed by atoms with van der Waals surface area (Å²) in [7, 11) is 0.924. The van der Waals surface area contributed by atoms with E-state index in [-0.39, 0.29) is 45.1 Å². The Morgan fingerprint density at radius 2 is 1.22 bits per heavy atom. The normalized spacial score (nSPS) is 22.6. The van der Waals surface area contributed by atoms with Crippen LogP contribution in [0.15, 0.2) is 30.5 Å². The summed E-state index contributed by atoms with van der Waals surface area (Å²) in [4.78, 5) is 257. The van der Waals surface area contributed by atoms with E-state index in [0.29, 0.717) is 21.4 Å². The Balaban J connectivity index is 2.19. The van der Waals surface area contributed by atoms with E-state index in [9.17, 15) is 117 Å². The molecule has 0 aliphatic carbocycles. The number of carbonyl (C=O) groups is 19. The number of aliphatic hydroxyl groups excluding tert-OH is 1. The number of carbonyl (C=O) groups excluding carboxylic acids is 15. The molecule has 41 heteroatoms. The van der Waals surface area contributed by atoms with Crippen molar-refractivity contribution in [2.24, 2.45) is 17.4 Å². The highest BCUT2D eigenvalue weighted by Crippen LogP contribution is 2.20. The first-order valence-electron chi connectivity index (χ1n) is 31.5. The second-order valence-corrected chi connectivity index (χ2v) is 23.5. The number of cyclic esters (lactones) is 1. The van der Waals surface area contributed by atoms with E-state index in [1.165, 1.54) is 13.8 Å². The second kappa shape index (κ2) is 41.1. The predicted octanol–water partition coefficient (Wildman–Crippen LogP) is -8.46. The van der Waals surface area contributed by atoms with E-state index in [1.54, 1.807) is 30.5 Å². The van der Waals surface area contributed by atoms with Crippen molar-refractivity contribution in [2.75, 3.05) is 33.3 Å². The van der Waals surface area contributed by atoms with Gasteiger partial charge >= 0.3 is 29.8 Å². The third-order valence-corrected chi connectivity index (χ3v) is 15.5. The number of esters is 1. The van der Waals surface area contributed by atoms with Crippen LogP contribution in [0, 0.1) is 5.92 Å². The number of aromatic nitrogens is 1. The standard InChI is InChI=1S/C60H86N16O25/c1-6-27(2)48-60(100)101-29(4)49(75-57(97)39(21-47(88)89)73-55(95)36(18-41(62)79)71-54(94)35(65-26-78)17-30-22-63-32-12-8-7-11-31(30)32)59(99)76(5)24-43(81)66-28(3)50(90)70-38(20-46(86)87)56(96)68-33(13-9-10-16-61)52(92)72-37(19-45(84)85)51(91)64-23-42(80)67-40(25-77)58(98)69-34(53(93)74-48)14-15-44(82)83/h7-8,11-12,22,26-29,33-40,48-49,63,77H,6,9-10,13-21,23-25,61H2,1-5H3,(H2,62,79)(H,64,91)(H,65,78)(H,66,81)(H,67,80)(H,68,96)(H,69,98)(H,70,90)(H,71,94)(H,72,92)(H,73,95)(H,74,93)(H,75,97)(H,82,83)(H,84,85)(H,86,87)(H,88,89). The summed E-state index contributed by atoms with van der Waals surface area (Å²) < 4.78 is 5.69. The molecule has 1 aromatic heterocycles. The number of para-hydroxylation sites is 1. The molecule has 1 saturated heterocycles. The average molecular weight is 1430 g/mol. The van der Waals surface area contributed by atoms with Crippen LogP contribution in [0.5, 0.6) is 0 Å². The smallest absolute Gasteiger partial charge is 0.329 e. The number of fused-ring (bicyclic) bond motifs is 1. The summed E-state index contributed by atoms with van der Waals surface area (Å²) in [5.74, 6) is -26.2. The molecule has 556 valence electrons. The number of aromatic amines is 1. The molecule has 0 saturated carbocycles. The van der Waals surface area contributed by atoms with Crippen molar-refractivity contribution in [3.8, 4) is 0 Å². The SMILES string of the molecule is CCC(C)C1NC(=O)C(CCC(=O)O)NC(=O)C(CO)NC(=O)CNC(=O)C(CC(=O)O)NC(=O)C(CCCCN)NC(=O)C(CC(=O)O)NC(=O)C(C)NC(=O)CN(C)C(=O)C(NC(=O)C(CC(=O)O)NC(=O)C(CC(N)=O)NC(=O)C(Cc2c[nH]c3ccccc23)NC=O)C(C)OC1=O. The molecule has 13 atom stereocenters. The van der Waals surface area contributed by atoms with Gasteiger partial charge in [0.25, 0.3) is 0 Å². The number of ether oxygens (including phenoxy) is 1. The summed E-state index contributed by atoms with van der Waals surface area (Å²) >= 11 is 0. The molecule has 0 radical (unpaired) electrons. The molecule has 14 amide bonds. The number of primary amides is 1.